The summed E-state index contributed by atoms with van der Waals surface area (Å²) in [5.41, 5.74) is 0. The van der Waals surface area contributed by atoms with Crippen LogP contribution >= 0.6 is 0 Å². The van der Waals surface area contributed by atoms with Crippen molar-refractivity contribution in [3.8, 4) is 0 Å². The van der Waals surface area contributed by atoms with Crippen LogP contribution in [0.4, 0.5) is 0 Å². The third-order valence-electron chi connectivity index (χ3n) is 2.72. The van der Waals surface area contributed by atoms with E-state index in [-0.39, 0.29) is 19.6 Å². The van der Waals surface area contributed by atoms with Gasteiger partial charge in [-0.25, -0.2) is 8.42 Å². The standard InChI is InChI=1S/C10H17NO6S/c1-2-17-9(12)5-7-18(15,16)11-6-3-4-8(11)10(13)14/h8H,2-7H2,1H3,(H,13,14)/t8-/m0/s1. The summed E-state index contributed by atoms with van der Waals surface area (Å²) in [4.78, 5) is 22.0. The number of rotatable bonds is 6. The topological polar surface area (TPSA) is 101 Å². The lowest BCUT2D eigenvalue weighted by Crippen LogP contribution is -2.41. The third-order valence-corrected chi connectivity index (χ3v) is 4.59. The molecule has 1 heterocycles. The van der Waals surface area contributed by atoms with Crippen LogP contribution in [-0.2, 0) is 24.3 Å². The zero-order chi connectivity index (χ0) is 13.8. The number of carboxylic acids is 1. The molecule has 0 aliphatic carbocycles. The average molecular weight is 279 g/mol. The summed E-state index contributed by atoms with van der Waals surface area (Å²) in [7, 11) is -3.72. The first kappa shape index (κ1) is 14.9. The maximum absolute atomic E-state index is 11.9. The van der Waals surface area contributed by atoms with Crippen LogP contribution in [0.2, 0.25) is 0 Å². The Labute approximate surface area is 106 Å². The fourth-order valence-corrected chi connectivity index (χ4v) is 3.53. The largest absolute Gasteiger partial charge is 0.480 e. The minimum Gasteiger partial charge on any atom is -0.480 e. The van der Waals surface area contributed by atoms with Crippen LogP contribution in [-0.4, -0.2) is 54.7 Å². The molecule has 8 heteroatoms. The van der Waals surface area contributed by atoms with Crippen LogP contribution in [0.5, 0.6) is 0 Å². The van der Waals surface area contributed by atoms with Crippen molar-refractivity contribution in [2.75, 3.05) is 18.9 Å². The zero-order valence-corrected chi connectivity index (χ0v) is 11.0. The summed E-state index contributed by atoms with van der Waals surface area (Å²) in [5, 5.41) is 8.91. The monoisotopic (exact) mass is 279 g/mol. The van der Waals surface area contributed by atoms with E-state index in [9.17, 15) is 18.0 Å². The summed E-state index contributed by atoms with van der Waals surface area (Å²) in [6.07, 6.45) is 0.586. The van der Waals surface area contributed by atoms with Crippen molar-refractivity contribution >= 4 is 22.0 Å². The normalized spacial score (nSPS) is 20.8. The maximum Gasteiger partial charge on any atom is 0.322 e. The molecule has 0 spiro atoms. The maximum atomic E-state index is 11.9. The Kier molecular flexibility index (Phi) is 5.09. The van der Waals surface area contributed by atoms with Gasteiger partial charge in [0.1, 0.15) is 6.04 Å². The van der Waals surface area contributed by atoms with E-state index in [1.165, 1.54) is 0 Å². The molecule has 0 bridgehead atoms. The van der Waals surface area contributed by atoms with Crippen LogP contribution in [0, 0.1) is 0 Å². The predicted octanol–water partition coefficient (Wildman–Crippen LogP) is -0.182. The second kappa shape index (κ2) is 6.14. The fraction of sp³-hybridized carbons (Fsp3) is 0.800. The minimum absolute atomic E-state index is 0.195. The number of aliphatic carboxylic acids is 1. The first-order valence-electron chi connectivity index (χ1n) is 5.76. The Balaban J connectivity index is 2.63. The fourth-order valence-electron chi connectivity index (χ4n) is 1.88. The van der Waals surface area contributed by atoms with E-state index in [0.717, 1.165) is 4.31 Å². The number of carbonyl (C=O) groups excluding carboxylic acids is 1. The number of nitrogens with zero attached hydrogens (tertiary/aromatic N) is 1. The smallest absolute Gasteiger partial charge is 0.322 e. The molecule has 1 atom stereocenters. The average Bonchev–Trinajstić information content (AvgIpc) is 2.76. The molecule has 0 aromatic carbocycles. The number of ether oxygens (including phenoxy) is 1. The number of hydrogen-bond acceptors (Lipinski definition) is 5. The quantitative estimate of drug-likeness (QED) is 0.677. The highest BCUT2D eigenvalue weighted by molar-refractivity contribution is 7.89. The van der Waals surface area contributed by atoms with Gasteiger partial charge in [0.2, 0.25) is 10.0 Å². The van der Waals surface area contributed by atoms with Crippen LogP contribution in [0.3, 0.4) is 0 Å². The molecule has 1 saturated heterocycles. The molecule has 0 unspecified atom stereocenters. The van der Waals surface area contributed by atoms with E-state index >= 15 is 0 Å². The minimum atomic E-state index is -3.72. The first-order valence-corrected chi connectivity index (χ1v) is 7.37. The molecule has 0 radical (unpaired) electrons. The van der Waals surface area contributed by atoms with Gasteiger partial charge in [0.15, 0.2) is 0 Å². The van der Waals surface area contributed by atoms with Gasteiger partial charge >= 0.3 is 11.9 Å². The van der Waals surface area contributed by atoms with Crippen molar-refractivity contribution < 1.29 is 27.9 Å². The third kappa shape index (κ3) is 3.67. The van der Waals surface area contributed by atoms with E-state index in [0.29, 0.717) is 12.8 Å². The highest BCUT2D eigenvalue weighted by atomic mass is 32.2. The van der Waals surface area contributed by atoms with Crippen LogP contribution in [0.15, 0.2) is 0 Å². The van der Waals surface area contributed by atoms with Crippen LogP contribution < -0.4 is 0 Å². The summed E-state index contributed by atoms with van der Waals surface area (Å²) in [6.45, 7) is 2.02. The van der Waals surface area contributed by atoms with Crippen LogP contribution in [0.1, 0.15) is 26.2 Å². The highest BCUT2D eigenvalue weighted by Gasteiger charge is 2.38. The summed E-state index contributed by atoms with van der Waals surface area (Å²) in [6, 6.07) is -1.00. The van der Waals surface area contributed by atoms with Gasteiger partial charge in [0.05, 0.1) is 18.8 Å². The van der Waals surface area contributed by atoms with E-state index < -0.39 is 33.8 Å². The number of hydrogen-bond donors (Lipinski definition) is 1. The van der Waals surface area contributed by atoms with Crippen molar-refractivity contribution in [1.29, 1.82) is 0 Å². The predicted molar refractivity (Wildman–Crippen MR) is 62.4 cm³/mol. The van der Waals surface area contributed by atoms with Crippen molar-refractivity contribution in [1.82, 2.24) is 4.31 Å². The molecule has 104 valence electrons. The molecular formula is C10H17NO6S. The Bertz CT molecular complexity index is 418. The Morgan fingerprint density at radius 3 is 2.67 bits per heavy atom. The highest BCUT2D eigenvalue weighted by Crippen LogP contribution is 2.21. The van der Waals surface area contributed by atoms with Gasteiger partial charge in [-0.1, -0.05) is 0 Å². The number of esters is 1. The van der Waals surface area contributed by atoms with Crippen molar-refractivity contribution in [2.24, 2.45) is 0 Å². The SMILES string of the molecule is CCOC(=O)CCS(=O)(=O)N1CCC[C@H]1C(=O)O. The molecule has 0 aromatic rings. The lowest BCUT2D eigenvalue weighted by molar-refractivity contribution is -0.142. The van der Waals surface area contributed by atoms with Crippen molar-refractivity contribution in [3.63, 3.8) is 0 Å². The van der Waals surface area contributed by atoms with Gasteiger partial charge in [-0.05, 0) is 19.8 Å². The van der Waals surface area contributed by atoms with Gasteiger partial charge in [-0.2, -0.15) is 4.31 Å². The second-order valence-corrected chi connectivity index (χ2v) is 6.02. The molecule has 0 aromatic heterocycles. The van der Waals surface area contributed by atoms with Gasteiger partial charge in [-0.15, -0.1) is 0 Å². The van der Waals surface area contributed by atoms with Gasteiger partial charge < -0.3 is 9.84 Å². The lowest BCUT2D eigenvalue weighted by Gasteiger charge is -2.20. The molecule has 1 N–H and O–H groups in total. The number of sulfonamides is 1. The van der Waals surface area contributed by atoms with E-state index in [1.54, 1.807) is 6.92 Å². The van der Waals surface area contributed by atoms with E-state index in [1.807, 2.05) is 0 Å². The molecule has 0 saturated carbocycles. The Morgan fingerprint density at radius 2 is 2.11 bits per heavy atom. The molecule has 1 rings (SSSR count). The van der Waals surface area contributed by atoms with Gasteiger partial charge in [-0.3, -0.25) is 9.59 Å². The number of carboxylic acid groups (broad SMARTS) is 1. The van der Waals surface area contributed by atoms with Gasteiger partial charge in [0, 0.05) is 6.54 Å². The van der Waals surface area contributed by atoms with Crippen molar-refractivity contribution in [3.05, 3.63) is 0 Å². The summed E-state index contributed by atoms with van der Waals surface area (Å²) >= 11 is 0. The lowest BCUT2D eigenvalue weighted by atomic mass is 10.2. The molecular weight excluding hydrogens is 262 g/mol. The Hall–Kier alpha value is -1.15. The molecule has 1 aliphatic rings. The second-order valence-electron chi connectivity index (χ2n) is 3.98. The van der Waals surface area contributed by atoms with Crippen molar-refractivity contribution in [2.45, 2.75) is 32.2 Å². The van der Waals surface area contributed by atoms with Crippen LogP contribution in [0.25, 0.3) is 0 Å². The van der Waals surface area contributed by atoms with E-state index in [2.05, 4.69) is 4.74 Å². The molecule has 7 nitrogen and oxygen atoms in total. The zero-order valence-electron chi connectivity index (χ0n) is 10.2. The molecule has 18 heavy (non-hydrogen) atoms. The first-order chi connectivity index (χ1) is 8.38. The Morgan fingerprint density at radius 1 is 1.44 bits per heavy atom. The molecule has 1 aliphatic heterocycles. The number of carbonyl (C=O) groups is 2. The summed E-state index contributed by atoms with van der Waals surface area (Å²) < 4.78 is 29.4. The molecule has 0 amide bonds. The summed E-state index contributed by atoms with van der Waals surface area (Å²) in [5.74, 6) is -2.14. The van der Waals surface area contributed by atoms with Gasteiger partial charge in [0.25, 0.3) is 0 Å². The molecule has 1 fully saturated rings. The van der Waals surface area contributed by atoms with E-state index in [4.69, 9.17) is 5.11 Å².